The minimum absolute atomic E-state index is 0.187. The van der Waals surface area contributed by atoms with E-state index in [4.69, 9.17) is 11.6 Å². The molecule has 3 rings (SSSR count). The number of benzene rings is 1. The molecular weight excluding hydrogens is 356 g/mol. The highest BCUT2D eigenvalue weighted by Gasteiger charge is 2.31. The van der Waals surface area contributed by atoms with Gasteiger partial charge in [0.05, 0.1) is 11.1 Å². The van der Waals surface area contributed by atoms with Crippen LogP contribution in [0.1, 0.15) is 36.2 Å². The van der Waals surface area contributed by atoms with Crippen molar-refractivity contribution in [2.24, 2.45) is 5.92 Å². The van der Waals surface area contributed by atoms with Crippen molar-refractivity contribution in [2.75, 3.05) is 0 Å². The summed E-state index contributed by atoms with van der Waals surface area (Å²) in [5.74, 6) is -0.391. The second kappa shape index (κ2) is 5.46. The summed E-state index contributed by atoms with van der Waals surface area (Å²) in [6, 6.07) is 5.57. The fourth-order valence-corrected chi connectivity index (χ4v) is 3.19. The Balaban J connectivity index is 2.09. The molecule has 1 heterocycles. The highest BCUT2D eigenvalue weighted by atomic mass is 79.9. The molecule has 1 N–H and O–H groups in total. The molecular formula is C15H14BrClN2O2. The van der Waals surface area contributed by atoms with Crippen molar-refractivity contribution in [1.29, 1.82) is 0 Å². The Labute approximate surface area is 135 Å². The summed E-state index contributed by atoms with van der Waals surface area (Å²) in [5, 5.41) is 14.4. The maximum Gasteiger partial charge on any atom is 0.339 e. The van der Waals surface area contributed by atoms with Crippen LogP contribution in [0, 0.1) is 5.92 Å². The first-order valence-corrected chi connectivity index (χ1v) is 7.92. The lowest BCUT2D eigenvalue weighted by atomic mass is 10.1. The summed E-state index contributed by atoms with van der Waals surface area (Å²) >= 11 is 9.58. The van der Waals surface area contributed by atoms with Gasteiger partial charge in [-0.05, 0) is 37.8 Å². The van der Waals surface area contributed by atoms with E-state index in [1.165, 1.54) is 12.8 Å². The maximum atomic E-state index is 11.5. The molecule has 1 aromatic carbocycles. The molecule has 110 valence electrons. The zero-order valence-corrected chi connectivity index (χ0v) is 13.7. The zero-order chi connectivity index (χ0) is 15.1. The molecule has 1 aromatic heterocycles. The molecule has 21 heavy (non-hydrogen) atoms. The van der Waals surface area contributed by atoms with E-state index in [-0.39, 0.29) is 11.6 Å². The fourth-order valence-electron chi connectivity index (χ4n) is 2.43. The van der Waals surface area contributed by atoms with Crippen LogP contribution in [-0.2, 0) is 0 Å². The Morgan fingerprint density at radius 3 is 2.81 bits per heavy atom. The molecule has 0 amide bonds. The number of hydrogen-bond acceptors (Lipinski definition) is 2. The van der Waals surface area contributed by atoms with Gasteiger partial charge < -0.3 is 5.11 Å². The van der Waals surface area contributed by atoms with Crippen LogP contribution in [0.4, 0.5) is 0 Å². The van der Waals surface area contributed by atoms with E-state index in [1.54, 1.807) is 23.0 Å². The molecule has 1 atom stereocenters. The van der Waals surface area contributed by atoms with Crippen LogP contribution in [0.15, 0.2) is 28.9 Å². The molecule has 1 saturated carbocycles. The van der Waals surface area contributed by atoms with Gasteiger partial charge in [-0.3, -0.25) is 4.68 Å². The normalized spacial score (nSPS) is 16.0. The van der Waals surface area contributed by atoms with Gasteiger partial charge in [0.25, 0.3) is 0 Å². The SMILES string of the molecule is CC(C1CC1)n1cc(C(=O)O)c(-c2ccc(Br)cc2Cl)n1. The van der Waals surface area contributed by atoms with Crippen molar-refractivity contribution in [3.8, 4) is 11.3 Å². The predicted molar refractivity (Wildman–Crippen MR) is 84.8 cm³/mol. The molecule has 0 saturated heterocycles. The number of carbonyl (C=O) groups is 1. The van der Waals surface area contributed by atoms with Crippen LogP contribution in [0.3, 0.4) is 0 Å². The van der Waals surface area contributed by atoms with E-state index in [0.717, 1.165) is 4.47 Å². The van der Waals surface area contributed by atoms with Gasteiger partial charge in [0.15, 0.2) is 0 Å². The van der Waals surface area contributed by atoms with Gasteiger partial charge in [-0.25, -0.2) is 4.79 Å². The van der Waals surface area contributed by atoms with Crippen LogP contribution < -0.4 is 0 Å². The van der Waals surface area contributed by atoms with Crippen molar-refractivity contribution in [3.05, 3.63) is 39.5 Å². The Bertz CT molecular complexity index is 710. The molecule has 2 aromatic rings. The average Bonchev–Trinajstić information content (AvgIpc) is 3.17. The van der Waals surface area contributed by atoms with Crippen LogP contribution in [0.5, 0.6) is 0 Å². The van der Waals surface area contributed by atoms with Gasteiger partial charge in [0, 0.05) is 16.2 Å². The fraction of sp³-hybridized carbons (Fsp3) is 0.333. The van der Waals surface area contributed by atoms with Gasteiger partial charge in [0.2, 0.25) is 0 Å². The number of aromatic nitrogens is 2. The van der Waals surface area contributed by atoms with Crippen molar-refractivity contribution in [3.63, 3.8) is 0 Å². The monoisotopic (exact) mass is 368 g/mol. The summed E-state index contributed by atoms with van der Waals surface area (Å²) < 4.78 is 2.60. The molecule has 1 aliphatic carbocycles. The summed E-state index contributed by atoms with van der Waals surface area (Å²) in [6.45, 7) is 2.07. The molecule has 0 aliphatic heterocycles. The molecule has 0 bridgehead atoms. The molecule has 4 nitrogen and oxygen atoms in total. The minimum atomic E-state index is -0.988. The smallest absolute Gasteiger partial charge is 0.339 e. The molecule has 1 fully saturated rings. The third kappa shape index (κ3) is 2.85. The number of hydrogen-bond donors (Lipinski definition) is 1. The largest absolute Gasteiger partial charge is 0.478 e. The molecule has 0 radical (unpaired) electrons. The van der Waals surface area contributed by atoms with Crippen molar-refractivity contribution < 1.29 is 9.90 Å². The molecule has 6 heteroatoms. The average molecular weight is 370 g/mol. The summed E-state index contributed by atoms with van der Waals surface area (Å²) in [5.41, 5.74) is 1.25. The highest BCUT2D eigenvalue weighted by Crippen LogP contribution is 2.40. The number of carboxylic acid groups (broad SMARTS) is 1. The predicted octanol–water partition coefficient (Wildman–Crippen LogP) is 4.64. The summed E-state index contributed by atoms with van der Waals surface area (Å²) in [4.78, 5) is 11.5. The van der Waals surface area contributed by atoms with Crippen LogP contribution in [0.25, 0.3) is 11.3 Å². The minimum Gasteiger partial charge on any atom is -0.478 e. The van der Waals surface area contributed by atoms with Crippen LogP contribution >= 0.6 is 27.5 Å². The summed E-state index contributed by atoms with van der Waals surface area (Å²) in [7, 11) is 0. The number of nitrogens with zero attached hydrogens (tertiary/aromatic N) is 2. The van der Waals surface area contributed by atoms with E-state index in [9.17, 15) is 9.90 Å². The van der Waals surface area contributed by atoms with Crippen molar-refractivity contribution in [1.82, 2.24) is 9.78 Å². The van der Waals surface area contributed by atoms with E-state index >= 15 is 0 Å². The van der Waals surface area contributed by atoms with Gasteiger partial charge in [0.1, 0.15) is 11.3 Å². The lowest BCUT2D eigenvalue weighted by Crippen LogP contribution is -2.07. The first-order valence-electron chi connectivity index (χ1n) is 6.75. The third-order valence-corrected chi connectivity index (χ3v) is 4.68. The molecule has 1 aliphatic rings. The maximum absolute atomic E-state index is 11.5. The van der Waals surface area contributed by atoms with Gasteiger partial charge in [-0.2, -0.15) is 5.10 Å². The Morgan fingerprint density at radius 2 is 2.24 bits per heavy atom. The van der Waals surface area contributed by atoms with Crippen molar-refractivity contribution >= 4 is 33.5 Å². The topological polar surface area (TPSA) is 55.1 Å². The lowest BCUT2D eigenvalue weighted by molar-refractivity contribution is 0.0697. The number of halogens is 2. The van der Waals surface area contributed by atoms with E-state index in [2.05, 4.69) is 28.0 Å². The summed E-state index contributed by atoms with van der Waals surface area (Å²) in [6.07, 6.45) is 3.97. The number of carboxylic acids is 1. The standard InChI is InChI=1S/C15H14BrClN2O2/c1-8(9-2-3-9)19-7-12(15(20)21)14(18-19)11-5-4-10(16)6-13(11)17/h4-9H,2-3H2,1H3,(H,20,21). The zero-order valence-electron chi connectivity index (χ0n) is 11.4. The Morgan fingerprint density at radius 1 is 1.52 bits per heavy atom. The Kier molecular flexibility index (Phi) is 3.80. The third-order valence-electron chi connectivity index (χ3n) is 3.87. The first-order chi connectivity index (χ1) is 9.97. The molecule has 0 spiro atoms. The first kappa shape index (κ1) is 14.6. The van der Waals surface area contributed by atoms with E-state index < -0.39 is 5.97 Å². The Hall–Kier alpha value is -1.33. The van der Waals surface area contributed by atoms with Gasteiger partial charge in [-0.1, -0.05) is 33.6 Å². The quantitative estimate of drug-likeness (QED) is 0.854. The van der Waals surface area contributed by atoms with E-state index in [0.29, 0.717) is 22.2 Å². The second-order valence-electron chi connectivity index (χ2n) is 5.38. The number of aromatic carboxylic acids is 1. The molecule has 1 unspecified atom stereocenters. The van der Waals surface area contributed by atoms with Gasteiger partial charge >= 0.3 is 5.97 Å². The van der Waals surface area contributed by atoms with Crippen molar-refractivity contribution in [2.45, 2.75) is 25.8 Å². The van der Waals surface area contributed by atoms with Gasteiger partial charge in [-0.15, -0.1) is 0 Å². The van der Waals surface area contributed by atoms with Crippen LogP contribution in [-0.4, -0.2) is 20.9 Å². The lowest BCUT2D eigenvalue weighted by Gasteiger charge is -2.10. The van der Waals surface area contributed by atoms with E-state index in [1.807, 2.05) is 6.07 Å². The highest BCUT2D eigenvalue weighted by molar-refractivity contribution is 9.10. The number of rotatable bonds is 4. The second-order valence-corrected chi connectivity index (χ2v) is 6.70. The van der Waals surface area contributed by atoms with Crippen LogP contribution in [0.2, 0.25) is 5.02 Å².